The number of aromatic nitrogens is 1. The zero-order valence-corrected chi connectivity index (χ0v) is 24.5. The van der Waals surface area contributed by atoms with Gasteiger partial charge in [-0.25, -0.2) is 4.98 Å². The highest BCUT2D eigenvalue weighted by molar-refractivity contribution is 8.00. The maximum atomic E-state index is 13.6. The summed E-state index contributed by atoms with van der Waals surface area (Å²) in [5.41, 5.74) is 3.20. The Balaban J connectivity index is 1.35. The third kappa shape index (κ3) is 6.86. The standard InChI is InChI=1S/C30H20Cl3N3O2S2/c31-19-13-14-23(25(33)15-19)28(37)34-20-9-6-10-21(16-20)40-27(18-7-2-1-3-8-18)29(38)36-30-35-26(17-39-30)22-11-4-5-12-24(22)32/h1-17,27H,(H,34,37)(H,35,36,38). The van der Waals surface area contributed by atoms with Gasteiger partial charge in [0.1, 0.15) is 5.25 Å². The van der Waals surface area contributed by atoms with Crippen molar-refractivity contribution < 1.29 is 9.59 Å². The summed E-state index contributed by atoms with van der Waals surface area (Å²) in [6.07, 6.45) is 0. The fraction of sp³-hybridized carbons (Fsp3) is 0.0333. The highest BCUT2D eigenvalue weighted by Gasteiger charge is 2.24. The van der Waals surface area contributed by atoms with E-state index >= 15 is 0 Å². The van der Waals surface area contributed by atoms with Crippen LogP contribution in [0.1, 0.15) is 21.2 Å². The van der Waals surface area contributed by atoms with E-state index in [9.17, 15) is 9.59 Å². The molecule has 0 spiro atoms. The number of carbonyl (C=O) groups excluding carboxylic acids is 2. The first-order valence-corrected chi connectivity index (χ1v) is 14.9. The van der Waals surface area contributed by atoms with E-state index in [1.54, 1.807) is 24.3 Å². The lowest BCUT2D eigenvalue weighted by molar-refractivity contribution is -0.115. The lowest BCUT2D eigenvalue weighted by Crippen LogP contribution is -2.19. The molecule has 0 saturated carbocycles. The fourth-order valence-corrected chi connectivity index (χ4v) is 6.37. The molecule has 5 rings (SSSR count). The second-order valence-electron chi connectivity index (χ2n) is 8.52. The number of thiazole rings is 1. The number of benzene rings is 4. The molecule has 0 aliphatic carbocycles. The number of hydrogen-bond acceptors (Lipinski definition) is 5. The molecule has 0 aliphatic heterocycles. The van der Waals surface area contributed by atoms with Crippen molar-refractivity contribution in [2.45, 2.75) is 10.1 Å². The largest absolute Gasteiger partial charge is 0.322 e. The number of rotatable bonds is 8. The summed E-state index contributed by atoms with van der Waals surface area (Å²) in [5.74, 6) is -0.585. The van der Waals surface area contributed by atoms with E-state index in [0.717, 1.165) is 16.0 Å². The zero-order chi connectivity index (χ0) is 28.1. The summed E-state index contributed by atoms with van der Waals surface area (Å²) in [6, 6.07) is 28.9. The second kappa shape index (κ2) is 12.9. The molecule has 1 atom stereocenters. The molecular formula is C30H20Cl3N3O2S2. The van der Waals surface area contributed by atoms with Crippen molar-refractivity contribution in [2.24, 2.45) is 0 Å². The van der Waals surface area contributed by atoms with E-state index < -0.39 is 5.25 Å². The van der Waals surface area contributed by atoms with Gasteiger partial charge in [0.05, 0.1) is 16.3 Å². The summed E-state index contributed by atoms with van der Waals surface area (Å²) in [6.45, 7) is 0. The molecule has 0 saturated heterocycles. The lowest BCUT2D eigenvalue weighted by Gasteiger charge is -2.17. The van der Waals surface area contributed by atoms with Gasteiger partial charge >= 0.3 is 0 Å². The van der Waals surface area contributed by atoms with E-state index in [2.05, 4.69) is 15.6 Å². The second-order valence-corrected chi connectivity index (χ2v) is 11.8. The number of nitrogens with one attached hydrogen (secondary N) is 2. The van der Waals surface area contributed by atoms with Crippen LogP contribution in [0.15, 0.2) is 107 Å². The van der Waals surface area contributed by atoms with Crippen molar-refractivity contribution in [1.82, 2.24) is 4.98 Å². The van der Waals surface area contributed by atoms with E-state index in [4.69, 9.17) is 34.8 Å². The highest BCUT2D eigenvalue weighted by atomic mass is 35.5. The summed E-state index contributed by atoms with van der Waals surface area (Å²) in [5, 5.41) is 8.88. The molecule has 1 aromatic heterocycles. The van der Waals surface area contributed by atoms with Crippen LogP contribution in [0.3, 0.4) is 0 Å². The number of thioether (sulfide) groups is 1. The van der Waals surface area contributed by atoms with E-state index in [1.165, 1.54) is 29.2 Å². The monoisotopic (exact) mass is 623 g/mol. The normalized spacial score (nSPS) is 11.6. The molecule has 0 fully saturated rings. The van der Waals surface area contributed by atoms with Crippen LogP contribution in [-0.4, -0.2) is 16.8 Å². The molecule has 200 valence electrons. The topological polar surface area (TPSA) is 71.1 Å². The first-order chi connectivity index (χ1) is 19.4. The van der Waals surface area contributed by atoms with Crippen LogP contribution in [0.25, 0.3) is 11.3 Å². The maximum absolute atomic E-state index is 13.6. The van der Waals surface area contributed by atoms with Gasteiger partial charge in [-0.1, -0.05) is 89.4 Å². The third-order valence-corrected chi connectivity index (χ3v) is 8.63. The van der Waals surface area contributed by atoms with Crippen LogP contribution < -0.4 is 10.6 Å². The molecule has 10 heteroatoms. The Bertz CT molecular complexity index is 1680. The molecule has 1 heterocycles. The number of carbonyl (C=O) groups is 2. The van der Waals surface area contributed by atoms with Crippen LogP contribution in [0.5, 0.6) is 0 Å². The van der Waals surface area contributed by atoms with Crippen LogP contribution in [-0.2, 0) is 4.79 Å². The molecule has 0 bridgehead atoms. The van der Waals surface area contributed by atoms with Crippen molar-refractivity contribution in [3.63, 3.8) is 0 Å². The summed E-state index contributed by atoms with van der Waals surface area (Å²) in [7, 11) is 0. The Labute approximate surface area is 254 Å². The van der Waals surface area contributed by atoms with Crippen LogP contribution in [0.2, 0.25) is 15.1 Å². The molecule has 0 aliphatic rings. The van der Waals surface area contributed by atoms with Crippen molar-refractivity contribution in [3.8, 4) is 11.3 Å². The van der Waals surface area contributed by atoms with Gasteiger partial charge in [0.15, 0.2) is 5.13 Å². The fourth-order valence-electron chi connectivity index (χ4n) is 3.85. The van der Waals surface area contributed by atoms with Crippen LogP contribution >= 0.6 is 57.9 Å². The van der Waals surface area contributed by atoms with Gasteiger partial charge in [0, 0.05) is 31.6 Å². The van der Waals surface area contributed by atoms with E-state index in [-0.39, 0.29) is 16.8 Å². The minimum Gasteiger partial charge on any atom is -0.322 e. The minimum absolute atomic E-state index is 0.223. The van der Waals surface area contributed by atoms with Crippen molar-refractivity contribution in [2.75, 3.05) is 10.6 Å². The molecule has 5 nitrogen and oxygen atoms in total. The number of anilines is 2. The average molecular weight is 625 g/mol. The van der Waals surface area contributed by atoms with Gasteiger partial charge in [-0.05, 0) is 48.0 Å². The van der Waals surface area contributed by atoms with E-state index in [0.29, 0.717) is 32.1 Å². The molecule has 2 amide bonds. The average Bonchev–Trinajstić information content (AvgIpc) is 3.40. The van der Waals surface area contributed by atoms with Crippen molar-refractivity contribution in [1.29, 1.82) is 0 Å². The third-order valence-electron chi connectivity index (χ3n) is 5.75. The molecule has 2 N–H and O–H groups in total. The smallest absolute Gasteiger partial charge is 0.257 e. The number of amides is 2. The number of hydrogen-bond donors (Lipinski definition) is 2. The minimum atomic E-state index is -0.578. The molecular weight excluding hydrogens is 605 g/mol. The predicted molar refractivity (Wildman–Crippen MR) is 167 cm³/mol. The Kier molecular flexibility index (Phi) is 9.09. The molecule has 1 unspecified atom stereocenters. The quantitative estimate of drug-likeness (QED) is 0.169. The molecule has 5 aromatic rings. The summed E-state index contributed by atoms with van der Waals surface area (Å²) in [4.78, 5) is 31.7. The SMILES string of the molecule is O=C(Nc1cccc(SC(C(=O)Nc2nc(-c3ccccc3Cl)cs2)c2ccccc2)c1)c1ccc(Cl)cc1Cl. The van der Waals surface area contributed by atoms with Gasteiger partial charge < -0.3 is 10.6 Å². The lowest BCUT2D eigenvalue weighted by atomic mass is 10.1. The highest BCUT2D eigenvalue weighted by Crippen LogP contribution is 2.38. The maximum Gasteiger partial charge on any atom is 0.257 e. The van der Waals surface area contributed by atoms with Crippen LogP contribution in [0.4, 0.5) is 10.8 Å². The number of halogens is 3. The zero-order valence-electron chi connectivity index (χ0n) is 20.6. The first kappa shape index (κ1) is 28.2. The predicted octanol–water partition coefficient (Wildman–Crippen LogP) is 9.49. The van der Waals surface area contributed by atoms with Gasteiger partial charge in [-0.15, -0.1) is 23.1 Å². The van der Waals surface area contributed by atoms with Gasteiger partial charge in [0.2, 0.25) is 5.91 Å². The molecule has 4 aromatic carbocycles. The van der Waals surface area contributed by atoms with Crippen LogP contribution in [0, 0.1) is 0 Å². The Morgan fingerprint density at radius 3 is 2.35 bits per heavy atom. The summed E-state index contributed by atoms with van der Waals surface area (Å²) >= 11 is 21.2. The Morgan fingerprint density at radius 2 is 1.57 bits per heavy atom. The van der Waals surface area contributed by atoms with E-state index in [1.807, 2.05) is 72.1 Å². The number of nitrogens with zero attached hydrogens (tertiary/aromatic N) is 1. The Morgan fingerprint density at radius 1 is 0.800 bits per heavy atom. The van der Waals surface area contributed by atoms with Gasteiger partial charge in [-0.3, -0.25) is 9.59 Å². The van der Waals surface area contributed by atoms with Crippen molar-refractivity contribution in [3.05, 3.63) is 129 Å². The first-order valence-electron chi connectivity index (χ1n) is 12.0. The van der Waals surface area contributed by atoms with Gasteiger partial charge in [-0.2, -0.15) is 0 Å². The molecule has 0 radical (unpaired) electrons. The Hall–Kier alpha value is -3.33. The summed E-state index contributed by atoms with van der Waals surface area (Å²) < 4.78 is 0. The van der Waals surface area contributed by atoms with Crippen molar-refractivity contribution >= 4 is 80.5 Å². The molecule has 40 heavy (non-hydrogen) atoms. The van der Waals surface area contributed by atoms with Gasteiger partial charge in [0.25, 0.3) is 5.91 Å².